The van der Waals surface area contributed by atoms with Crippen molar-refractivity contribution in [2.24, 2.45) is 23.7 Å². The summed E-state index contributed by atoms with van der Waals surface area (Å²) in [6.45, 7) is 4.34. The molecule has 2 N–H and O–H groups in total. The number of nitriles is 2. The molecule has 60 heavy (non-hydrogen) atoms. The molecule has 0 aliphatic carbocycles. The van der Waals surface area contributed by atoms with Gasteiger partial charge in [0.25, 0.3) is 0 Å². The fourth-order valence-electron chi connectivity index (χ4n) is 12.0. The first-order valence-corrected chi connectivity index (χ1v) is 19.4. The van der Waals surface area contributed by atoms with E-state index < -0.39 is 81.3 Å². The molecule has 8 saturated heterocycles. The van der Waals surface area contributed by atoms with Crippen LogP contribution >= 0.6 is 0 Å². The number of hydroxylamine groups is 2. The molecule has 8 aliphatic heterocycles. The van der Waals surface area contributed by atoms with Gasteiger partial charge in [-0.05, 0) is 63.1 Å². The van der Waals surface area contributed by atoms with Gasteiger partial charge < -0.3 is 28.6 Å². The first-order chi connectivity index (χ1) is 28.3. The molecule has 0 saturated carbocycles. The average molecular weight is 847 g/mol. The summed E-state index contributed by atoms with van der Waals surface area (Å²) >= 11 is 0. The molecule has 8 fully saturated rings. The molecule has 8 aliphatic rings. The Bertz CT molecular complexity index is 2080. The number of fused-ring (bicyclic) bond motifs is 4. The third-order valence-electron chi connectivity index (χ3n) is 14.0. The highest BCUT2D eigenvalue weighted by Gasteiger charge is 2.79. The highest BCUT2D eigenvalue weighted by atomic mass is 19.4. The Morgan fingerprint density at radius 1 is 0.700 bits per heavy atom. The predicted octanol–water partition coefficient (Wildman–Crippen LogP) is 4.71. The summed E-state index contributed by atoms with van der Waals surface area (Å²) in [6, 6.07) is 9.48. The van der Waals surface area contributed by atoms with Gasteiger partial charge in [-0.15, -0.1) is 0 Å². The molecule has 2 spiro atoms. The second-order valence-corrected chi connectivity index (χ2v) is 17.0. The van der Waals surface area contributed by atoms with E-state index in [-0.39, 0.29) is 47.1 Å². The van der Waals surface area contributed by atoms with Crippen LogP contribution in [0.15, 0.2) is 36.4 Å². The van der Waals surface area contributed by atoms with Crippen LogP contribution in [-0.2, 0) is 50.6 Å². The van der Waals surface area contributed by atoms with Crippen molar-refractivity contribution in [3.8, 4) is 12.1 Å². The fourth-order valence-corrected chi connectivity index (χ4v) is 12.0. The Balaban J connectivity index is 0.000000154. The van der Waals surface area contributed by atoms with Gasteiger partial charge in [0.05, 0.1) is 108 Å². The minimum atomic E-state index is -4.71. The van der Waals surface area contributed by atoms with E-state index in [4.69, 9.17) is 39.1 Å². The molecule has 0 radical (unpaired) electrons. The van der Waals surface area contributed by atoms with Crippen molar-refractivity contribution in [3.63, 3.8) is 0 Å². The minimum absolute atomic E-state index is 0.0713. The number of carbonyl (C=O) groups excluding carboxylic acids is 2. The summed E-state index contributed by atoms with van der Waals surface area (Å²) < 4.78 is 106. The highest BCUT2D eigenvalue weighted by molar-refractivity contribution is 6.01. The largest absolute Gasteiger partial charge is 0.417 e. The third-order valence-corrected chi connectivity index (χ3v) is 14.0. The number of amides is 2. The summed E-state index contributed by atoms with van der Waals surface area (Å²) in [4.78, 5) is 39.9. The van der Waals surface area contributed by atoms with Gasteiger partial charge in [-0.3, -0.25) is 19.4 Å². The maximum absolute atomic E-state index is 13.5. The minimum Gasteiger partial charge on any atom is -0.366 e. The Kier molecular flexibility index (Phi) is 9.26. The van der Waals surface area contributed by atoms with Crippen LogP contribution < -0.4 is 20.8 Å². The molecule has 20 heteroatoms. The van der Waals surface area contributed by atoms with Crippen LogP contribution in [-0.4, -0.2) is 86.2 Å². The van der Waals surface area contributed by atoms with Crippen LogP contribution in [0.5, 0.6) is 0 Å². The normalized spacial score (nSPS) is 39.3. The zero-order valence-electron chi connectivity index (χ0n) is 32.6. The van der Waals surface area contributed by atoms with E-state index in [1.54, 1.807) is 12.1 Å². The molecule has 0 unspecified atom stereocenters. The maximum Gasteiger partial charge on any atom is 0.417 e. The Labute approximate surface area is 339 Å². The van der Waals surface area contributed by atoms with E-state index in [2.05, 4.69) is 11.0 Å². The topological polar surface area (TPSA) is 168 Å². The van der Waals surface area contributed by atoms with Crippen molar-refractivity contribution in [3.05, 3.63) is 58.7 Å². The lowest BCUT2D eigenvalue weighted by atomic mass is 9.64. The molecule has 12 atom stereocenters. The maximum atomic E-state index is 13.5. The number of hydrogen-bond acceptors (Lipinski definition) is 12. The van der Waals surface area contributed by atoms with Gasteiger partial charge >= 0.3 is 12.4 Å². The number of nitrogens with one attached hydrogen (secondary N) is 2. The number of halogens is 6. The second kappa shape index (κ2) is 13.6. The lowest BCUT2D eigenvalue weighted by Gasteiger charge is -2.45. The fraction of sp³-hybridized carbons (Fsp3) is 0.600. The SMILES string of the molecule is CON[C@@H]1C[C@@]2(C)O[C@@]13CCO[C@H]1[C@@H]3[C@@H]2C(=O)N1c1ccc(C#N)c(C(F)(F)F)c1.CON[C@H]1C[C@@]2(C)O[C@@]13CCO[C@H]1[C@@H]3[C@@H]2C(=O)N1c1ccc(C#N)c(C(F)(F)F)c1. The predicted molar refractivity (Wildman–Crippen MR) is 192 cm³/mol. The van der Waals surface area contributed by atoms with E-state index in [0.717, 1.165) is 24.3 Å². The first kappa shape index (κ1) is 41.0. The van der Waals surface area contributed by atoms with E-state index in [0.29, 0.717) is 38.9 Å². The molecule has 2 amide bonds. The molecule has 0 aromatic heterocycles. The molecule has 4 bridgehead atoms. The molecule has 2 aromatic carbocycles. The zero-order chi connectivity index (χ0) is 42.9. The van der Waals surface area contributed by atoms with Gasteiger partial charge in [-0.1, -0.05) is 0 Å². The van der Waals surface area contributed by atoms with Crippen LogP contribution in [0.3, 0.4) is 0 Å². The van der Waals surface area contributed by atoms with E-state index >= 15 is 0 Å². The summed E-state index contributed by atoms with van der Waals surface area (Å²) in [5, 5.41) is 18.1. The molecule has 10 rings (SSSR count). The third kappa shape index (κ3) is 5.55. The Morgan fingerprint density at radius 2 is 1.08 bits per heavy atom. The van der Waals surface area contributed by atoms with E-state index in [1.165, 1.54) is 36.2 Å². The molecule has 2 aromatic rings. The summed E-state index contributed by atoms with van der Waals surface area (Å²) in [5.74, 6) is -2.36. The van der Waals surface area contributed by atoms with Crippen LogP contribution in [0.1, 0.15) is 61.8 Å². The highest BCUT2D eigenvalue weighted by Crippen LogP contribution is 2.67. The van der Waals surface area contributed by atoms with E-state index in [1.807, 2.05) is 13.8 Å². The quantitative estimate of drug-likeness (QED) is 0.304. The molecule has 14 nitrogen and oxygen atoms in total. The van der Waals surface area contributed by atoms with E-state index in [9.17, 15) is 35.9 Å². The van der Waals surface area contributed by atoms with Crippen molar-refractivity contribution >= 4 is 23.2 Å². The van der Waals surface area contributed by atoms with Crippen LogP contribution in [0.2, 0.25) is 0 Å². The lowest BCUT2D eigenvalue weighted by molar-refractivity contribution is -0.154. The standard InChI is InChI=1S/2C20H20F3N3O4/c2*1-18-8-13(25-28-2)19(30-18)5-6-29-17-15(19)14(18)16(27)26(17)11-4-3-10(9-24)12(7-11)20(21,22)23/h2*3-4,7,13-15,17,25H,5-6,8H2,1-2H3/t13-,14+,15-,17-,18+,19-;13-,14-,15+,17+,18-,19+/m01/s1. The van der Waals surface area contributed by atoms with Crippen LogP contribution in [0.4, 0.5) is 37.7 Å². The number of ether oxygens (including phenoxy) is 4. The Morgan fingerprint density at radius 3 is 1.42 bits per heavy atom. The van der Waals surface area contributed by atoms with Crippen LogP contribution in [0, 0.1) is 46.3 Å². The summed E-state index contributed by atoms with van der Waals surface area (Å²) in [7, 11) is 3.03. The molecular formula is C40H40F6N6O8. The summed E-state index contributed by atoms with van der Waals surface area (Å²) in [6.07, 6.45) is -8.69. The molecule has 8 heterocycles. The number of rotatable bonds is 6. The average Bonchev–Trinajstić information content (AvgIpc) is 3.97. The summed E-state index contributed by atoms with van der Waals surface area (Å²) in [5.41, 5.74) is 0.0740. The lowest BCUT2D eigenvalue weighted by Crippen LogP contribution is -2.60. The van der Waals surface area contributed by atoms with Gasteiger partial charge in [0, 0.05) is 36.1 Å². The zero-order valence-corrected chi connectivity index (χ0v) is 32.6. The number of nitrogens with zero attached hydrogens (tertiary/aromatic N) is 4. The van der Waals surface area contributed by atoms with Gasteiger partial charge in [0.1, 0.15) is 12.5 Å². The van der Waals surface area contributed by atoms with Crippen LogP contribution in [0.25, 0.3) is 0 Å². The van der Waals surface area contributed by atoms with Crippen molar-refractivity contribution in [2.75, 3.05) is 37.2 Å². The number of hydrogen-bond donors (Lipinski definition) is 2. The number of alkyl halides is 6. The monoisotopic (exact) mass is 846 g/mol. The van der Waals surface area contributed by atoms with Crippen molar-refractivity contribution < 1.29 is 64.6 Å². The van der Waals surface area contributed by atoms with Gasteiger partial charge in [-0.2, -0.15) is 47.8 Å². The number of carbonyl (C=O) groups is 2. The van der Waals surface area contributed by atoms with Crippen molar-refractivity contribution in [1.82, 2.24) is 11.0 Å². The van der Waals surface area contributed by atoms with Crippen molar-refractivity contribution in [1.29, 1.82) is 10.5 Å². The van der Waals surface area contributed by atoms with Crippen molar-refractivity contribution in [2.45, 2.75) is 98.8 Å². The number of benzene rings is 2. The van der Waals surface area contributed by atoms with Gasteiger partial charge in [-0.25, -0.2) is 0 Å². The van der Waals surface area contributed by atoms with Gasteiger partial charge in [0.2, 0.25) is 11.8 Å². The number of anilines is 2. The first-order valence-electron chi connectivity index (χ1n) is 19.4. The second-order valence-electron chi connectivity index (χ2n) is 17.0. The molecule has 320 valence electrons. The Hall–Kier alpha value is -4.38. The molecular weight excluding hydrogens is 806 g/mol. The smallest absolute Gasteiger partial charge is 0.366 e. The van der Waals surface area contributed by atoms with Gasteiger partial charge in [0.15, 0.2) is 0 Å².